The first-order valence-electron chi connectivity index (χ1n) is 4.46. The molecular formula is C7H11ClN4OS. The fourth-order valence-corrected chi connectivity index (χ4v) is 2.15. The van der Waals surface area contributed by atoms with Crippen molar-refractivity contribution >= 4 is 23.4 Å². The molecule has 7 heteroatoms. The van der Waals surface area contributed by atoms with Crippen LogP contribution in [0, 0.1) is 0 Å². The van der Waals surface area contributed by atoms with E-state index < -0.39 is 6.10 Å². The number of aromatic nitrogens is 4. The van der Waals surface area contributed by atoms with Crippen LogP contribution < -0.4 is 0 Å². The van der Waals surface area contributed by atoms with Gasteiger partial charge in [0.2, 0.25) is 5.16 Å². The monoisotopic (exact) mass is 234 g/mol. The van der Waals surface area contributed by atoms with Gasteiger partial charge in [0.05, 0.1) is 12.1 Å². The van der Waals surface area contributed by atoms with E-state index in [0.717, 1.165) is 18.0 Å². The number of aliphatic hydroxyl groups excluding tert-OH is 1. The summed E-state index contributed by atoms with van der Waals surface area (Å²) in [5, 5.41) is 21.5. The predicted molar refractivity (Wildman–Crippen MR) is 53.5 cm³/mol. The second-order valence-corrected chi connectivity index (χ2v) is 4.55. The number of aliphatic hydroxyl groups is 1. The lowest BCUT2D eigenvalue weighted by Gasteiger charge is -2.05. The summed E-state index contributed by atoms with van der Waals surface area (Å²) in [6.45, 7) is 0. The van der Waals surface area contributed by atoms with Crippen LogP contribution in [0.5, 0.6) is 0 Å². The number of hydrogen-bond acceptors (Lipinski definition) is 5. The van der Waals surface area contributed by atoms with Crippen LogP contribution in [0.3, 0.4) is 0 Å². The molecule has 1 aliphatic carbocycles. The fourth-order valence-electron chi connectivity index (χ4n) is 1.04. The van der Waals surface area contributed by atoms with E-state index in [-0.39, 0.29) is 5.88 Å². The highest BCUT2D eigenvalue weighted by Crippen LogP contribution is 2.36. The van der Waals surface area contributed by atoms with E-state index in [1.807, 2.05) is 4.68 Å². The summed E-state index contributed by atoms with van der Waals surface area (Å²) in [7, 11) is 0. The smallest absolute Gasteiger partial charge is 0.209 e. The van der Waals surface area contributed by atoms with Gasteiger partial charge in [-0.25, -0.2) is 4.68 Å². The normalized spacial score (nSPS) is 18.4. The highest BCUT2D eigenvalue weighted by molar-refractivity contribution is 7.99. The number of hydrogen-bond donors (Lipinski definition) is 1. The second kappa shape index (κ2) is 4.46. The van der Waals surface area contributed by atoms with Crippen molar-refractivity contribution in [2.24, 2.45) is 0 Å². The van der Waals surface area contributed by atoms with E-state index in [4.69, 9.17) is 11.6 Å². The number of tetrazole rings is 1. The molecular weight excluding hydrogens is 224 g/mol. The molecule has 1 aromatic rings. The van der Waals surface area contributed by atoms with Gasteiger partial charge in [0.1, 0.15) is 0 Å². The molecule has 14 heavy (non-hydrogen) atoms. The van der Waals surface area contributed by atoms with Crippen LogP contribution >= 0.6 is 23.4 Å². The van der Waals surface area contributed by atoms with Crippen molar-refractivity contribution in [2.75, 3.05) is 11.6 Å². The summed E-state index contributed by atoms with van der Waals surface area (Å²) >= 11 is 6.93. The summed E-state index contributed by atoms with van der Waals surface area (Å²) in [5.74, 6) is 0.786. The molecule has 1 atom stereocenters. The van der Waals surface area contributed by atoms with Gasteiger partial charge in [0, 0.05) is 11.6 Å². The molecule has 0 bridgehead atoms. The second-order valence-electron chi connectivity index (χ2n) is 3.26. The van der Waals surface area contributed by atoms with Crippen LogP contribution in [0.1, 0.15) is 18.9 Å². The molecule has 0 saturated heterocycles. The molecule has 1 N–H and O–H groups in total. The maximum absolute atomic E-state index is 9.27. The zero-order valence-corrected chi connectivity index (χ0v) is 9.08. The molecule has 1 aliphatic rings. The fraction of sp³-hybridized carbons (Fsp3) is 0.857. The molecule has 0 aromatic carbocycles. The minimum absolute atomic E-state index is 0.248. The molecule has 1 saturated carbocycles. The Hall–Kier alpha value is -0.330. The number of thioether (sulfide) groups is 1. The van der Waals surface area contributed by atoms with Gasteiger partial charge in [0.25, 0.3) is 0 Å². The zero-order valence-electron chi connectivity index (χ0n) is 7.51. The van der Waals surface area contributed by atoms with Gasteiger partial charge in [-0.05, 0) is 23.3 Å². The number of rotatable bonds is 5. The minimum atomic E-state index is -0.494. The quantitative estimate of drug-likeness (QED) is 0.600. The van der Waals surface area contributed by atoms with Crippen LogP contribution in [0.2, 0.25) is 0 Å². The number of halogens is 1. The maximum Gasteiger partial charge on any atom is 0.209 e. The first-order valence-corrected chi connectivity index (χ1v) is 5.98. The van der Waals surface area contributed by atoms with Crippen LogP contribution in [-0.4, -0.2) is 43.1 Å². The van der Waals surface area contributed by atoms with Crippen LogP contribution in [0.4, 0.5) is 0 Å². The van der Waals surface area contributed by atoms with E-state index in [1.54, 1.807) is 0 Å². The van der Waals surface area contributed by atoms with Crippen LogP contribution in [0.15, 0.2) is 5.16 Å². The Kier molecular flexibility index (Phi) is 3.25. The van der Waals surface area contributed by atoms with Crippen LogP contribution in [-0.2, 0) is 0 Å². The van der Waals surface area contributed by atoms with Crippen molar-refractivity contribution < 1.29 is 5.11 Å². The van der Waals surface area contributed by atoms with Gasteiger partial charge in [-0.15, -0.1) is 16.7 Å². The van der Waals surface area contributed by atoms with Crippen LogP contribution in [0.25, 0.3) is 0 Å². The van der Waals surface area contributed by atoms with E-state index in [2.05, 4.69) is 15.5 Å². The highest BCUT2D eigenvalue weighted by Gasteiger charge is 2.27. The van der Waals surface area contributed by atoms with E-state index in [9.17, 15) is 5.11 Å². The topological polar surface area (TPSA) is 63.8 Å². The SMILES string of the molecule is OC(CCl)CSc1nnnn1C1CC1. The van der Waals surface area contributed by atoms with E-state index in [0.29, 0.717) is 11.8 Å². The molecule has 1 unspecified atom stereocenters. The Morgan fingerprint density at radius 2 is 2.43 bits per heavy atom. The summed E-state index contributed by atoms with van der Waals surface area (Å²) in [5.41, 5.74) is 0. The van der Waals surface area contributed by atoms with E-state index >= 15 is 0 Å². The van der Waals surface area contributed by atoms with Gasteiger partial charge in [-0.3, -0.25) is 0 Å². The van der Waals surface area contributed by atoms with Gasteiger partial charge in [-0.1, -0.05) is 11.8 Å². The summed E-state index contributed by atoms with van der Waals surface area (Å²) in [6.07, 6.45) is 1.80. The average molecular weight is 235 g/mol. The third-order valence-electron chi connectivity index (χ3n) is 1.94. The van der Waals surface area contributed by atoms with Crippen molar-refractivity contribution in [3.63, 3.8) is 0 Å². The summed E-state index contributed by atoms with van der Waals surface area (Å²) < 4.78 is 1.83. The van der Waals surface area contributed by atoms with Crippen molar-refractivity contribution in [1.29, 1.82) is 0 Å². The third-order valence-corrected chi connectivity index (χ3v) is 3.37. The number of nitrogens with zero attached hydrogens (tertiary/aromatic N) is 4. The third kappa shape index (κ3) is 2.37. The van der Waals surface area contributed by atoms with Crippen molar-refractivity contribution in [3.05, 3.63) is 0 Å². The van der Waals surface area contributed by atoms with Crippen molar-refractivity contribution in [2.45, 2.75) is 30.1 Å². The Balaban J connectivity index is 1.91. The predicted octanol–water partition coefficient (Wildman–Crippen LogP) is 0.700. The average Bonchev–Trinajstić information content (AvgIpc) is 2.94. The van der Waals surface area contributed by atoms with Crippen molar-refractivity contribution in [1.82, 2.24) is 20.2 Å². The lowest BCUT2D eigenvalue weighted by molar-refractivity contribution is 0.223. The Labute approximate surface area is 90.8 Å². The molecule has 1 fully saturated rings. The summed E-state index contributed by atoms with van der Waals surface area (Å²) in [4.78, 5) is 0. The lowest BCUT2D eigenvalue weighted by Crippen LogP contribution is -2.12. The maximum atomic E-state index is 9.27. The lowest BCUT2D eigenvalue weighted by atomic mass is 10.5. The minimum Gasteiger partial charge on any atom is -0.391 e. The highest BCUT2D eigenvalue weighted by atomic mass is 35.5. The standard InChI is InChI=1S/C7H11ClN4OS/c8-3-6(13)4-14-7-9-10-11-12(7)5-1-2-5/h5-6,13H,1-4H2. The Morgan fingerprint density at radius 1 is 1.64 bits per heavy atom. The van der Waals surface area contributed by atoms with E-state index in [1.165, 1.54) is 11.8 Å². The molecule has 5 nitrogen and oxygen atoms in total. The molecule has 2 rings (SSSR count). The first-order chi connectivity index (χ1) is 6.81. The van der Waals surface area contributed by atoms with Gasteiger partial charge in [-0.2, -0.15) is 0 Å². The molecule has 0 amide bonds. The zero-order chi connectivity index (χ0) is 9.97. The summed E-state index contributed by atoms with van der Waals surface area (Å²) in [6, 6.07) is 0.473. The molecule has 0 aliphatic heterocycles. The van der Waals surface area contributed by atoms with Gasteiger partial charge in [0.15, 0.2) is 0 Å². The Bertz CT molecular complexity index is 304. The molecule has 78 valence electrons. The largest absolute Gasteiger partial charge is 0.391 e. The van der Waals surface area contributed by atoms with Crippen molar-refractivity contribution in [3.8, 4) is 0 Å². The first kappa shape index (κ1) is 10.2. The number of alkyl halides is 1. The Morgan fingerprint density at radius 3 is 3.07 bits per heavy atom. The molecule has 0 radical (unpaired) electrons. The van der Waals surface area contributed by atoms with Gasteiger partial charge >= 0.3 is 0 Å². The molecule has 1 aromatic heterocycles. The van der Waals surface area contributed by atoms with Gasteiger partial charge < -0.3 is 5.11 Å². The molecule has 1 heterocycles. The molecule has 0 spiro atoms.